The number of thioether (sulfide) groups is 1. The van der Waals surface area contributed by atoms with E-state index < -0.39 is 0 Å². The summed E-state index contributed by atoms with van der Waals surface area (Å²) < 4.78 is 1.58. The van der Waals surface area contributed by atoms with E-state index >= 15 is 0 Å². The highest BCUT2D eigenvalue weighted by atomic mass is 32.2. The van der Waals surface area contributed by atoms with Crippen molar-refractivity contribution in [2.75, 3.05) is 11.1 Å². The van der Waals surface area contributed by atoms with Gasteiger partial charge < -0.3 is 5.32 Å². The van der Waals surface area contributed by atoms with Crippen molar-refractivity contribution >= 4 is 23.5 Å². The second-order valence-electron chi connectivity index (χ2n) is 7.26. The third kappa shape index (κ3) is 5.19. The molecule has 2 heterocycles. The van der Waals surface area contributed by atoms with Gasteiger partial charge >= 0.3 is 0 Å². The summed E-state index contributed by atoms with van der Waals surface area (Å²) in [5.74, 6) is 1.20. The van der Waals surface area contributed by atoms with Crippen LogP contribution in [-0.4, -0.2) is 31.4 Å². The zero-order valence-corrected chi connectivity index (χ0v) is 18.5. The summed E-state index contributed by atoms with van der Waals surface area (Å²) in [6, 6.07) is 22.2. The molecule has 31 heavy (non-hydrogen) atoms. The third-order valence-corrected chi connectivity index (χ3v) is 5.60. The number of nitrogens with one attached hydrogen (secondary N) is 1. The van der Waals surface area contributed by atoms with Crippen molar-refractivity contribution in [3.05, 3.63) is 83.8 Å². The second kappa shape index (κ2) is 9.14. The number of aryl methyl sites for hydroxylation is 3. The molecule has 1 N–H and O–H groups in total. The van der Waals surface area contributed by atoms with E-state index in [4.69, 9.17) is 0 Å². The summed E-state index contributed by atoms with van der Waals surface area (Å²) in [4.78, 5) is 22.5. The third-order valence-electron chi connectivity index (χ3n) is 4.59. The lowest BCUT2D eigenvalue weighted by Crippen LogP contribution is -2.18. The molecular weight excluding hydrogens is 406 g/mol. The van der Waals surface area contributed by atoms with Gasteiger partial charge in [-0.3, -0.25) is 4.79 Å². The first-order chi connectivity index (χ1) is 15.0. The van der Waals surface area contributed by atoms with Crippen molar-refractivity contribution in [3.63, 3.8) is 0 Å². The zero-order chi connectivity index (χ0) is 21.8. The Kier molecular flexibility index (Phi) is 6.13. The number of carbonyl (C=O) groups is 1. The minimum absolute atomic E-state index is 0.109. The first kappa shape index (κ1) is 20.8. The number of carbonyl (C=O) groups excluding carboxylic acids is 1. The lowest BCUT2D eigenvalue weighted by Gasteiger charge is -2.09. The lowest BCUT2D eigenvalue weighted by atomic mass is 10.1. The van der Waals surface area contributed by atoms with Crippen molar-refractivity contribution in [2.24, 2.45) is 0 Å². The van der Waals surface area contributed by atoms with Gasteiger partial charge in [0.05, 0.1) is 11.4 Å². The molecule has 0 atom stereocenters. The Bertz CT molecular complexity index is 1180. The number of rotatable bonds is 6. The molecule has 0 spiro atoms. The van der Waals surface area contributed by atoms with Gasteiger partial charge in [-0.25, -0.2) is 9.97 Å². The Balaban J connectivity index is 1.42. The van der Waals surface area contributed by atoms with E-state index in [2.05, 4.69) is 44.6 Å². The van der Waals surface area contributed by atoms with E-state index in [1.165, 1.54) is 17.3 Å². The van der Waals surface area contributed by atoms with Gasteiger partial charge in [0.15, 0.2) is 0 Å². The van der Waals surface area contributed by atoms with E-state index in [1.807, 2.05) is 63.2 Å². The van der Waals surface area contributed by atoms with Gasteiger partial charge in [0.2, 0.25) is 5.91 Å². The van der Waals surface area contributed by atoms with E-state index in [9.17, 15) is 4.79 Å². The van der Waals surface area contributed by atoms with Crippen LogP contribution in [0.25, 0.3) is 17.1 Å². The fourth-order valence-electron chi connectivity index (χ4n) is 3.25. The average Bonchev–Trinajstić information content (AvgIpc) is 3.12. The number of anilines is 1. The minimum Gasteiger partial charge on any atom is -0.310 e. The monoisotopic (exact) mass is 429 g/mol. The SMILES string of the molecule is Cc1cc(C)nc(-n2nc(C)cc2NC(=O)CSc2ccc(-c3ccccc3)cc2)n1. The van der Waals surface area contributed by atoms with Gasteiger partial charge in [0.25, 0.3) is 5.95 Å². The van der Waals surface area contributed by atoms with E-state index in [0.717, 1.165) is 27.5 Å². The van der Waals surface area contributed by atoms with Gasteiger partial charge in [0, 0.05) is 22.3 Å². The van der Waals surface area contributed by atoms with Gasteiger partial charge in [0.1, 0.15) is 5.82 Å². The van der Waals surface area contributed by atoms with Crippen LogP contribution in [0, 0.1) is 20.8 Å². The average molecular weight is 430 g/mol. The molecule has 0 aliphatic heterocycles. The van der Waals surface area contributed by atoms with Crippen LogP contribution in [0.2, 0.25) is 0 Å². The van der Waals surface area contributed by atoms with Crippen LogP contribution in [0.15, 0.2) is 71.6 Å². The van der Waals surface area contributed by atoms with Crippen molar-refractivity contribution in [1.29, 1.82) is 0 Å². The summed E-state index contributed by atoms with van der Waals surface area (Å²) in [5.41, 5.74) is 4.81. The molecule has 0 aliphatic rings. The molecule has 0 saturated heterocycles. The maximum Gasteiger partial charge on any atom is 0.252 e. The fourth-order valence-corrected chi connectivity index (χ4v) is 3.94. The molecule has 0 radical (unpaired) electrons. The summed E-state index contributed by atoms with van der Waals surface area (Å²) in [6.45, 7) is 5.69. The summed E-state index contributed by atoms with van der Waals surface area (Å²) in [6.07, 6.45) is 0. The zero-order valence-electron chi connectivity index (χ0n) is 17.7. The van der Waals surface area contributed by atoms with Crippen LogP contribution in [-0.2, 0) is 4.79 Å². The Morgan fingerprint density at radius 2 is 1.52 bits per heavy atom. The number of hydrogen-bond acceptors (Lipinski definition) is 5. The number of aromatic nitrogens is 4. The molecule has 4 rings (SSSR count). The Hall–Kier alpha value is -3.45. The quantitative estimate of drug-likeness (QED) is 0.437. The van der Waals surface area contributed by atoms with Gasteiger partial charge in [-0.15, -0.1) is 11.8 Å². The molecular formula is C24H23N5OS. The maximum atomic E-state index is 12.6. The van der Waals surface area contributed by atoms with E-state index in [1.54, 1.807) is 4.68 Å². The summed E-state index contributed by atoms with van der Waals surface area (Å²) in [7, 11) is 0. The van der Waals surface area contributed by atoms with Crippen LogP contribution in [0.4, 0.5) is 5.82 Å². The normalized spacial score (nSPS) is 10.8. The second-order valence-corrected chi connectivity index (χ2v) is 8.31. The fraction of sp³-hybridized carbons (Fsp3) is 0.167. The molecule has 6 nitrogen and oxygen atoms in total. The summed E-state index contributed by atoms with van der Waals surface area (Å²) >= 11 is 1.49. The smallest absolute Gasteiger partial charge is 0.252 e. The topological polar surface area (TPSA) is 72.7 Å². The molecule has 2 aromatic carbocycles. The molecule has 0 fully saturated rings. The molecule has 0 unspecified atom stereocenters. The Morgan fingerprint density at radius 3 is 2.19 bits per heavy atom. The van der Waals surface area contributed by atoms with Crippen LogP contribution in [0.5, 0.6) is 0 Å². The Morgan fingerprint density at radius 1 is 0.871 bits per heavy atom. The number of hydrogen-bond donors (Lipinski definition) is 1. The van der Waals surface area contributed by atoms with Crippen molar-refractivity contribution in [3.8, 4) is 17.1 Å². The molecule has 4 aromatic rings. The summed E-state index contributed by atoms with van der Waals surface area (Å²) in [5, 5.41) is 7.38. The van der Waals surface area contributed by atoms with Crippen LogP contribution >= 0.6 is 11.8 Å². The Labute approximate surface area is 185 Å². The molecule has 0 aliphatic carbocycles. The van der Waals surface area contributed by atoms with Crippen LogP contribution in [0.3, 0.4) is 0 Å². The largest absolute Gasteiger partial charge is 0.310 e. The van der Waals surface area contributed by atoms with Crippen LogP contribution in [0.1, 0.15) is 17.1 Å². The molecule has 156 valence electrons. The van der Waals surface area contributed by atoms with Gasteiger partial charge in [-0.05, 0) is 50.1 Å². The number of benzene rings is 2. The first-order valence-corrected chi connectivity index (χ1v) is 10.9. The molecule has 2 aromatic heterocycles. The first-order valence-electron chi connectivity index (χ1n) is 9.95. The molecule has 7 heteroatoms. The number of amides is 1. The highest BCUT2D eigenvalue weighted by Crippen LogP contribution is 2.24. The highest BCUT2D eigenvalue weighted by Gasteiger charge is 2.14. The van der Waals surface area contributed by atoms with E-state index in [-0.39, 0.29) is 5.91 Å². The highest BCUT2D eigenvalue weighted by molar-refractivity contribution is 8.00. The molecule has 1 amide bonds. The predicted octanol–water partition coefficient (Wildman–Crippen LogP) is 4.99. The van der Waals surface area contributed by atoms with E-state index in [0.29, 0.717) is 17.5 Å². The van der Waals surface area contributed by atoms with Crippen LogP contribution < -0.4 is 5.32 Å². The number of nitrogens with zero attached hydrogens (tertiary/aromatic N) is 4. The predicted molar refractivity (Wildman–Crippen MR) is 125 cm³/mol. The molecule has 0 bridgehead atoms. The van der Waals surface area contributed by atoms with Gasteiger partial charge in [-0.1, -0.05) is 42.5 Å². The minimum atomic E-state index is -0.109. The molecule has 0 saturated carbocycles. The van der Waals surface area contributed by atoms with Crippen molar-refractivity contribution in [2.45, 2.75) is 25.7 Å². The van der Waals surface area contributed by atoms with Crippen molar-refractivity contribution < 1.29 is 4.79 Å². The van der Waals surface area contributed by atoms with Crippen molar-refractivity contribution in [1.82, 2.24) is 19.7 Å². The van der Waals surface area contributed by atoms with Gasteiger partial charge in [-0.2, -0.15) is 9.78 Å². The maximum absolute atomic E-state index is 12.6. The standard InChI is InChI=1S/C24H23N5OS/c1-16-13-17(2)26-24(25-16)29-22(14-18(3)28-29)27-23(30)15-31-21-11-9-20(10-12-21)19-7-5-4-6-8-19/h4-14H,15H2,1-3H3,(H,27,30). The lowest BCUT2D eigenvalue weighted by molar-refractivity contribution is -0.113.